The van der Waals surface area contributed by atoms with Crippen molar-refractivity contribution in [3.05, 3.63) is 0 Å². The first-order valence-electron chi connectivity index (χ1n) is 6.49. The highest BCUT2D eigenvalue weighted by molar-refractivity contribution is 5.05. The molecule has 0 aliphatic heterocycles. The number of likely N-dealkylation sites (N-methyl/N-ethyl adjacent to an activating group) is 1. The number of hydrogen-bond acceptors (Lipinski definition) is 3. The second kappa shape index (κ2) is 4.63. The Morgan fingerprint density at radius 3 is 2.62 bits per heavy atom. The Kier molecular flexibility index (Phi) is 3.57. The smallest absolute Gasteiger partial charge is 0.0646 e. The van der Waals surface area contributed by atoms with Crippen molar-refractivity contribution in [3.8, 4) is 0 Å². The van der Waals surface area contributed by atoms with Crippen molar-refractivity contribution in [1.82, 2.24) is 4.90 Å². The summed E-state index contributed by atoms with van der Waals surface area (Å²) in [6.45, 7) is 3.15. The van der Waals surface area contributed by atoms with Crippen LogP contribution in [0.5, 0.6) is 0 Å². The normalized spacial score (nSPS) is 37.7. The zero-order valence-corrected chi connectivity index (χ0v) is 10.8. The number of methoxy groups -OCH3 is 1. The van der Waals surface area contributed by atoms with Gasteiger partial charge >= 0.3 is 0 Å². The van der Waals surface area contributed by atoms with Gasteiger partial charge in [0.25, 0.3) is 0 Å². The van der Waals surface area contributed by atoms with Gasteiger partial charge < -0.3 is 9.84 Å². The molecule has 3 unspecified atom stereocenters. The fraction of sp³-hybridized carbons (Fsp3) is 1.00. The van der Waals surface area contributed by atoms with Crippen LogP contribution in [0.15, 0.2) is 0 Å². The summed E-state index contributed by atoms with van der Waals surface area (Å²) in [5.74, 6) is 0.697. The van der Waals surface area contributed by atoms with Crippen molar-refractivity contribution in [3.63, 3.8) is 0 Å². The molecule has 2 fully saturated rings. The van der Waals surface area contributed by atoms with Gasteiger partial charge in [-0.15, -0.1) is 0 Å². The van der Waals surface area contributed by atoms with Crippen LogP contribution in [0, 0.1) is 5.92 Å². The molecule has 3 nitrogen and oxygen atoms in total. The van der Waals surface area contributed by atoms with Gasteiger partial charge in [-0.3, -0.25) is 4.90 Å². The zero-order valence-electron chi connectivity index (χ0n) is 10.8. The van der Waals surface area contributed by atoms with Gasteiger partial charge in [0.15, 0.2) is 0 Å². The minimum Gasteiger partial charge on any atom is -0.393 e. The van der Waals surface area contributed by atoms with Crippen molar-refractivity contribution >= 4 is 0 Å². The quantitative estimate of drug-likeness (QED) is 0.792. The predicted octanol–water partition coefficient (Wildman–Crippen LogP) is 1.65. The van der Waals surface area contributed by atoms with Crippen LogP contribution in [0.2, 0.25) is 0 Å². The third-order valence-corrected chi connectivity index (χ3v) is 4.61. The van der Waals surface area contributed by atoms with Gasteiger partial charge in [0.1, 0.15) is 0 Å². The average Bonchev–Trinajstić information content (AvgIpc) is 3.02. The first kappa shape index (κ1) is 12.3. The Labute approximate surface area is 98.8 Å². The lowest BCUT2D eigenvalue weighted by Gasteiger charge is -2.42. The number of aliphatic hydroxyl groups is 1. The van der Waals surface area contributed by atoms with Crippen LogP contribution in [0.4, 0.5) is 0 Å². The summed E-state index contributed by atoms with van der Waals surface area (Å²) in [6.07, 6.45) is 5.46. The fourth-order valence-electron chi connectivity index (χ4n) is 3.18. The monoisotopic (exact) mass is 227 g/mol. The summed E-state index contributed by atoms with van der Waals surface area (Å²) in [5, 5.41) is 9.80. The minimum absolute atomic E-state index is 0.0954. The third-order valence-electron chi connectivity index (χ3n) is 4.61. The van der Waals surface area contributed by atoms with E-state index in [0.717, 1.165) is 25.9 Å². The van der Waals surface area contributed by atoms with E-state index in [1.54, 1.807) is 7.11 Å². The predicted molar refractivity (Wildman–Crippen MR) is 64.4 cm³/mol. The van der Waals surface area contributed by atoms with Crippen molar-refractivity contribution in [2.24, 2.45) is 5.92 Å². The summed E-state index contributed by atoms with van der Waals surface area (Å²) in [4.78, 5) is 2.49. The molecule has 2 rings (SSSR count). The molecule has 0 amide bonds. The lowest BCUT2D eigenvalue weighted by Crippen LogP contribution is -2.50. The van der Waals surface area contributed by atoms with Crippen molar-refractivity contribution in [2.75, 3.05) is 20.8 Å². The van der Waals surface area contributed by atoms with Gasteiger partial charge in [-0.25, -0.2) is 0 Å². The standard InChI is InChI=1S/C13H25NO2/c1-10-4-5-11(15)8-12(10)14(2)13(6-7-13)9-16-3/h10-12,15H,4-9H2,1-3H3. The summed E-state index contributed by atoms with van der Waals surface area (Å²) in [5.41, 5.74) is 0.282. The van der Waals surface area contributed by atoms with E-state index in [2.05, 4.69) is 18.9 Å². The summed E-state index contributed by atoms with van der Waals surface area (Å²) in [6, 6.07) is 0.529. The Hall–Kier alpha value is -0.120. The first-order valence-corrected chi connectivity index (χ1v) is 6.49. The summed E-state index contributed by atoms with van der Waals surface area (Å²) in [7, 11) is 4.00. The molecule has 0 aromatic carbocycles. The minimum atomic E-state index is -0.0954. The molecule has 0 saturated heterocycles. The number of hydrogen-bond donors (Lipinski definition) is 1. The maximum Gasteiger partial charge on any atom is 0.0646 e. The average molecular weight is 227 g/mol. The lowest BCUT2D eigenvalue weighted by atomic mass is 9.82. The van der Waals surface area contributed by atoms with E-state index in [1.165, 1.54) is 12.8 Å². The van der Waals surface area contributed by atoms with Crippen LogP contribution in [0.1, 0.15) is 39.0 Å². The molecule has 0 radical (unpaired) electrons. The molecule has 3 atom stereocenters. The third kappa shape index (κ3) is 2.27. The first-order chi connectivity index (χ1) is 7.59. The van der Waals surface area contributed by atoms with E-state index in [9.17, 15) is 5.11 Å². The van der Waals surface area contributed by atoms with Crippen LogP contribution >= 0.6 is 0 Å². The SMILES string of the molecule is COCC1(N(C)C2CC(O)CCC2C)CC1. The molecule has 2 saturated carbocycles. The molecule has 0 bridgehead atoms. The van der Waals surface area contributed by atoms with Gasteiger partial charge in [0.05, 0.1) is 12.7 Å². The molecule has 0 spiro atoms. The highest BCUT2D eigenvalue weighted by Crippen LogP contribution is 2.45. The van der Waals surface area contributed by atoms with Gasteiger partial charge in [0, 0.05) is 18.7 Å². The molecular formula is C13H25NO2. The van der Waals surface area contributed by atoms with Crippen LogP contribution < -0.4 is 0 Å². The number of ether oxygens (including phenoxy) is 1. The van der Waals surface area contributed by atoms with E-state index in [4.69, 9.17) is 4.74 Å². The van der Waals surface area contributed by atoms with Gasteiger partial charge in [-0.2, -0.15) is 0 Å². The molecule has 16 heavy (non-hydrogen) atoms. The topological polar surface area (TPSA) is 32.7 Å². The van der Waals surface area contributed by atoms with Gasteiger partial charge in [-0.05, 0) is 45.1 Å². The van der Waals surface area contributed by atoms with Crippen molar-refractivity contribution in [2.45, 2.75) is 56.7 Å². The molecule has 3 heteroatoms. The van der Waals surface area contributed by atoms with Crippen LogP contribution in [-0.2, 0) is 4.74 Å². The van der Waals surface area contributed by atoms with E-state index < -0.39 is 0 Å². The Morgan fingerprint density at radius 2 is 2.06 bits per heavy atom. The van der Waals surface area contributed by atoms with Crippen molar-refractivity contribution < 1.29 is 9.84 Å². The number of rotatable bonds is 4. The molecule has 0 aromatic rings. The molecular weight excluding hydrogens is 202 g/mol. The van der Waals surface area contributed by atoms with Crippen LogP contribution in [-0.4, -0.2) is 48.5 Å². The molecule has 2 aliphatic rings. The number of aliphatic hydroxyl groups excluding tert-OH is 1. The van der Waals surface area contributed by atoms with E-state index in [0.29, 0.717) is 12.0 Å². The fourth-order valence-corrected chi connectivity index (χ4v) is 3.18. The maximum atomic E-state index is 9.80. The van der Waals surface area contributed by atoms with E-state index >= 15 is 0 Å². The molecule has 2 aliphatic carbocycles. The van der Waals surface area contributed by atoms with Crippen LogP contribution in [0.25, 0.3) is 0 Å². The van der Waals surface area contributed by atoms with Crippen LogP contribution in [0.3, 0.4) is 0 Å². The van der Waals surface area contributed by atoms with E-state index in [1.807, 2.05) is 0 Å². The summed E-state index contributed by atoms with van der Waals surface area (Å²) < 4.78 is 5.34. The lowest BCUT2D eigenvalue weighted by molar-refractivity contribution is -0.00328. The molecule has 94 valence electrons. The Balaban J connectivity index is 1.99. The highest BCUT2D eigenvalue weighted by atomic mass is 16.5. The van der Waals surface area contributed by atoms with Crippen molar-refractivity contribution in [1.29, 1.82) is 0 Å². The van der Waals surface area contributed by atoms with E-state index in [-0.39, 0.29) is 11.6 Å². The molecule has 1 N–H and O–H groups in total. The van der Waals surface area contributed by atoms with Gasteiger partial charge in [-0.1, -0.05) is 6.92 Å². The van der Waals surface area contributed by atoms with Gasteiger partial charge in [0.2, 0.25) is 0 Å². The zero-order chi connectivity index (χ0) is 11.8. The second-order valence-electron chi connectivity index (χ2n) is 5.78. The largest absolute Gasteiger partial charge is 0.393 e. The number of nitrogens with zero attached hydrogens (tertiary/aromatic N) is 1. The highest BCUT2D eigenvalue weighted by Gasteiger charge is 2.50. The Morgan fingerprint density at radius 1 is 1.38 bits per heavy atom. The molecule has 0 aromatic heterocycles. The maximum absolute atomic E-state index is 9.80. The summed E-state index contributed by atoms with van der Waals surface area (Å²) >= 11 is 0. The molecule has 0 heterocycles. The Bertz CT molecular complexity index is 240. The second-order valence-corrected chi connectivity index (χ2v) is 5.78.